The quantitative estimate of drug-likeness (QED) is 0.436. The lowest BCUT2D eigenvalue weighted by molar-refractivity contribution is -0.941. The first-order valence-corrected chi connectivity index (χ1v) is 11.6. The van der Waals surface area contributed by atoms with Crippen molar-refractivity contribution < 1.29 is 19.1 Å². The molecule has 1 N–H and O–H groups in total. The van der Waals surface area contributed by atoms with Crippen LogP contribution in [-0.2, 0) is 15.1 Å². The highest BCUT2D eigenvalue weighted by molar-refractivity contribution is 5.75. The Kier molecular flexibility index (Phi) is 7.26. The van der Waals surface area contributed by atoms with Crippen LogP contribution in [0.1, 0.15) is 71.3 Å². The zero-order valence-corrected chi connectivity index (χ0v) is 19.0. The summed E-state index contributed by atoms with van der Waals surface area (Å²) in [5, 5.41) is 11.7. The Hall–Kier alpha value is -1.83. The van der Waals surface area contributed by atoms with Gasteiger partial charge >= 0.3 is 5.97 Å². The van der Waals surface area contributed by atoms with Crippen LogP contribution >= 0.6 is 0 Å². The molecule has 30 heavy (non-hydrogen) atoms. The van der Waals surface area contributed by atoms with Gasteiger partial charge in [0.25, 0.3) is 0 Å². The predicted molar refractivity (Wildman–Crippen MR) is 119 cm³/mol. The molecule has 2 aliphatic rings. The summed E-state index contributed by atoms with van der Waals surface area (Å²) >= 11 is 0. The number of aliphatic hydroxyl groups is 1. The number of hydrogen-bond acceptors (Lipinski definition) is 3. The standard InChI is InChI=1S/C26H38NO3/c1-25(2,3)24(28)30-21-27(18-10-5-11-19-27)20-12-17-26(29,23-15-8-9-16-23)22-13-6-4-7-14-22/h4,6-7,13-14,23,29H,5,8-11,15-16,18-21H2,1-3H3/q+1/t26-/m1/s1. The van der Waals surface area contributed by atoms with Gasteiger partial charge in [-0.3, -0.25) is 9.28 Å². The molecule has 1 saturated carbocycles. The number of benzene rings is 1. The van der Waals surface area contributed by atoms with E-state index in [1.54, 1.807) is 0 Å². The fraction of sp³-hybridized carbons (Fsp3) is 0.654. The second-order valence-electron chi connectivity index (χ2n) is 10.2. The summed E-state index contributed by atoms with van der Waals surface area (Å²) in [7, 11) is 0. The van der Waals surface area contributed by atoms with Crippen molar-refractivity contribution in [1.29, 1.82) is 0 Å². The Balaban J connectivity index is 1.79. The van der Waals surface area contributed by atoms with Crippen LogP contribution in [-0.4, -0.2) is 41.9 Å². The summed E-state index contributed by atoms with van der Waals surface area (Å²) in [6.45, 7) is 8.58. The Labute approximate surface area is 182 Å². The average molecular weight is 413 g/mol. The van der Waals surface area contributed by atoms with Gasteiger partial charge in [0.1, 0.15) is 6.54 Å². The predicted octanol–water partition coefficient (Wildman–Crippen LogP) is 4.62. The third-order valence-electron chi connectivity index (χ3n) is 6.70. The number of carbonyl (C=O) groups excluding carboxylic acids is 1. The first-order chi connectivity index (χ1) is 14.3. The zero-order valence-electron chi connectivity index (χ0n) is 19.0. The largest absolute Gasteiger partial charge is 0.415 e. The molecule has 2 fully saturated rings. The highest BCUT2D eigenvalue weighted by Gasteiger charge is 2.39. The molecule has 4 heteroatoms. The van der Waals surface area contributed by atoms with Crippen LogP contribution in [0.2, 0.25) is 0 Å². The molecule has 0 aromatic heterocycles. The smallest absolute Gasteiger partial charge is 0.315 e. The Bertz CT molecular complexity index is 759. The Morgan fingerprint density at radius 3 is 2.30 bits per heavy atom. The molecule has 1 heterocycles. The molecule has 1 aromatic rings. The van der Waals surface area contributed by atoms with Gasteiger partial charge in [0.05, 0.1) is 18.5 Å². The number of nitrogens with zero attached hydrogens (tertiary/aromatic N) is 1. The van der Waals surface area contributed by atoms with Crippen molar-refractivity contribution in [3.05, 3.63) is 35.9 Å². The minimum atomic E-state index is -1.10. The highest BCUT2D eigenvalue weighted by Crippen LogP contribution is 2.40. The van der Waals surface area contributed by atoms with Gasteiger partial charge in [0, 0.05) is 5.92 Å². The van der Waals surface area contributed by atoms with Crippen LogP contribution in [0.5, 0.6) is 0 Å². The van der Waals surface area contributed by atoms with E-state index in [9.17, 15) is 9.90 Å². The van der Waals surface area contributed by atoms with Crippen LogP contribution < -0.4 is 0 Å². The summed E-state index contributed by atoms with van der Waals surface area (Å²) in [6, 6.07) is 9.90. The fourth-order valence-electron chi connectivity index (χ4n) is 4.72. The lowest BCUT2D eigenvalue weighted by Gasteiger charge is -2.39. The van der Waals surface area contributed by atoms with Crippen LogP contribution in [0, 0.1) is 23.2 Å². The third-order valence-corrected chi connectivity index (χ3v) is 6.70. The van der Waals surface area contributed by atoms with Gasteiger partial charge in [-0.05, 0) is 64.4 Å². The zero-order chi connectivity index (χ0) is 21.7. The molecule has 0 unspecified atom stereocenters. The van der Waals surface area contributed by atoms with E-state index in [2.05, 4.69) is 11.8 Å². The molecule has 0 spiro atoms. The molecular formula is C26H38NO3+. The molecule has 4 nitrogen and oxygen atoms in total. The van der Waals surface area contributed by atoms with Crippen LogP contribution in [0.15, 0.2) is 30.3 Å². The number of piperidine rings is 1. The van der Waals surface area contributed by atoms with Crippen molar-refractivity contribution in [2.75, 3.05) is 26.4 Å². The van der Waals surface area contributed by atoms with Gasteiger partial charge < -0.3 is 9.84 Å². The van der Waals surface area contributed by atoms with Gasteiger partial charge in [-0.15, -0.1) is 0 Å². The maximum Gasteiger partial charge on any atom is 0.315 e. The van der Waals surface area contributed by atoms with Crippen molar-refractivity contribution in [3.8, 4) is 11.8 Å². The number of rotatable bonds is 5. The number of esters is 1. The molecule has 3 rings (SSSR count). The molecule has 1 aliphatic carbocycles. The summed E-state index contributed by atoms with van der Waals surface area (Å²) < 4.78 is 6.40. The number of hydrogen-bond donors (Lipinski definition) is 1. The first kappa shape index (κ1) is 22.8. The van der Waals surface area contributed by atoms with E-state index in [1.807, 2.05) is 51.1 Å². The van der Waals surface area contributed by atoms with E-state index in [4.69, 9.17) is 4.74 Å². The Morgan fingerprint density at radius 1 is 1.07 bits per heavy atom. The van der Waals surface area contributed by atoms with E-state index in [1.165, 1.54) is 6.42 Å². The summed E-state index contributed by atoms with van der Waals surface area (Å²) in [4.78, 5) is 12.3. The Morgan fingerprint density at radius 2 is 1.70 bits per heavy atom. The lowest BCUT2D eigenvalue weighted by Crippen LogP contribution is -2.54. The van der Waals surface area contributed by atoms with Crippen molar-refractivity contribution in [1.82, 2.24) is 0 Å². The van der Waals surface area contributed by atoms with Gasteiger partial charge in [0.15, 0.2) is 5.60 Å². The number of likely N-dealkylation sites (tertiary alicyclic amines) is 1. The van der Waals surface area contributed by atoms with Gasteiger partial charge in [0.2, 0.25) is 6.73 Å². The fourth-order valence-corrected chi connectivity index (χ4v) is 4.72. The molecule has 0 bridgehead atoms. The molecule has 1 saturated heterocycles. The molecule has 1 aromatic carbocycles. The maximum atomic E-state index is 12.3. The summed E-state index contributed by atoms with van der Waals surface area (Å²) in [5.74, 6) is 6.67. The molecule has 1 atom stereocenters. The molecule has 0 amide bonds. The molecular weight excluding hydrogens is 374 g/mol. The topological polar surface area (TPSA) is 46.5 Å². The van der Waals surface area contributed by atoms with Crippen LogP contribution in [0.4, 0.5) is 0 Å². The van der Waals surface area contributed by atoms with E-state index in [0.717, 1.165) is 57.2 Å². The van der Waals surface area contributed by atoms with E-state index in [-0.39, 0.29) is 11.9 Å². The van der Waals surface area contributed by atoms with E-state index < -0.39 is 11.0 Å². The number of quaternary nitrogens is 1. The van der Waals surface area contributed by atoms with E-state index in [0.29, 0.717) is 17.8 Å². The summed E-state index contributed by atoms with van der Waals surface area (Å²) in [6.07, 6.45) is 7.82. The minimum Gasteiger partial charge on any atom is -0.415 e. The van der Waals surface area contributed by atoms with Crippen molar-refractivity contribution in [2.24, 2.45) is 11.3 Å². The number of carbonyl (C=O) groups is 1. The SMILES string of the molecule is CC(C)(C)C(=O)OC[N+]1(CC#C[C@@](O)(c2ccccc2)C2CCCC2)CCCCC1. The average Bonchev–Trinajstić information content (AvgIpc) is 3.28. The maximum absolute atomic E-state index is 12.3. The third kappa shape index (κ3) is 5.45. The highest BCUT2D eigenvalue weighted by atomic mass is 16.5. The molecule has 0 radical (unpaired) electrons. The van der Waals surface area contributed by atoms with Gasteiger partial charge in [-0.2, -0.15) is 0 Å². The van der Waals surface area contributed by atoms with Crippen LogP contribution in [0.3, 0.4) is 0 Å². The van der Waals surface area contributed by atoms with Crippen molar-refractivity contribution in [2.45, 2.75) is 71.3 Å². The van der Waals surface area contributed by atoms with Gasteiger partial charge in [-0.1, -0.05) is 49.1 Å². The van der Waals surface area contributed by atoms with Gasteiger partial charge in [-0.25, -0.2) is 0 Å². The normalized spacial score (nSPS) is 21.3. The lowest BCUT2D eigenvalue weighted by atomic mass is 9.80. The van der Waals surface area contributed by atoms with Crippen LogP contribution in [0.25, 0.3) is 0 Å². The monoisotopic (exact) mass is 412 g/mol. The number of ether oxygens (including phenoxy) is 1. The van der Waals surface area contributed by atoms with Crippen molar-refractivity contribution in [3.63, 3.8) is 0 Å². The molecule has 164 valence electrons. The summed E-state index contributed by atoms with van der Waals surface area (Å²) in [5.41, 5.74) is -0.699. The van der Waals surface area contributed by atoms with E-state index >= 15 is 0 Å². The first-order valence-electron chi connectivity index (χ1n) is 11.6. The second-order valence-corrected chi connectivity index (χ2v) is 10.2. The minimum absolute atomic E-state index is 0.162. The molecule has 1 aliphatic heterocycles. The van der Waals surface area contributed by atoms with Crippen molar-refractivity contribution >= 4 is 5.97 Å². The second kappa shape index (κ2) is 9.54.